The number of carboxylic acids is 1. The van der Waals surface area contributed by atoms with Crippen LogP contribution >= 0.6 is 15.9 Å². The SMILES string of the molecule is CCc1cc(Br)c(O)c(CC(C)(C)C(=O)O)c1. The van der Waals surface area contributed by atoms with Gasteiger partial charge in [0.1, 0.15) is 5.75 Å². The quantitative estimate of drug-likeness (QED) is 0.896. The molecule has 0 saturated heterocycles. The zero-order valence-electron chi connectivity index (χ0n) is 10.2. The summed E-state index contributed by atoms with van der Waals surface area (Å²) < 4.78 is 0.619. The highest BCUT2D eigenvalue weighted by atomic mass is 79.9. The van der Waals surface area contributed by atoms with E-state index in [0.29, 0.717) is 16.5 Å². The summed E-state index contributed by atoms with van der Waals surface area (Å²) in [6.45, 7) is 5.33. The van der Waals surface area contributed by atoms with Gasteiger partial charge in [-0.2, -0.15) is 0 Å². The molecular formula is C13H17BrO3. The molecular weight excluding hydrogens is 284 g/mol. The lowest BCUT2D eigenvalue weighted by Crippen LogP contribution is -2.26. The zero-order valence-corrected chi connectivity index (χ0v) is 11.8. The first-order valence-corrected chi connectivity index (χ1v) is 6.31. The molecule has 94 valence electrons. The Morgan fingerprint density at radius 3 is 2.47 bits per heavy atom. The molecule has 0 aliphatic carbocycles. The van der Waals surface area contributed by atoms with Crippen molar-refractivity contribution in [3.8, 4) is 5.75 Å². The molecule has 4 heteroatoms. The van der Waals surface area contributed by atoms with Gasteiger partial charge in [0, 0.05) is 0 Å². The summed E-state index contributed by atoms with van der Waals surface area (Å²) in [6, 6.07) is 3.72. The van der Waals surface area contributed by atoms with Crippen LogP contribution in [-0.4, -0.2) is 16.2 Å². The fourth-order valence-electron chi connectivity index (χ4n) is 1.61. The van der Waals surface area contributed by atoms with Crippen LogP contribution < -0.4 is 0 Å². The second-order valence-electron chi connectivity index (χ2n) is 4.80. The maximum absolute atomic E-state index is 11.1. The third-order valence-corrected chi connectivity index (χ3v) is 3.43. The van der Waals surface area contributed by atoms with Crippen molar-refractivity contribution >= 4 is 21.9 Å². The summed E-state index contributed by atoms with van der Waals surface area (Å²) in [5.41, 5.74) is 0.859. The van der Waals surface area contributed by atoms with Crippen LogP contribution in [0.25, 0.3) is 0 Å². The van der Waals surface area contributed by atoms with E-state index in [1.165, 1.54) is 0 Å². The lowest BCUT2D eigenvalue weighted by atomic mass is 9.85. The summed E-state index contributed by atoms with van der Waals surface area (Å²) in [5, 5.41) is 19.0. The summed E-state index contributed by atoms with van der Waals surface area (Å²) >= 11 is 3.28. The summed E-state index contributed by atoms with van der Waals surface area (Å²) in [6.07, 6.45) is 1.15. The monoisotopic (exact) mass is 300 g/mol. The maximum atomic E-state index is 11.1. The fourth-order valence-corrected chi connectivity index (χ4v) is 2.16. The average Bonchev–Trinajstić information content (AvgIpc) is 2.23. The van der Waals surface area contributed by atoms with Crippen LogP contribution in [0.15, 0.2) is 16.6 Å². The van der Waals surface area contributed by atoms with Crippen LogP contribution in [0.2, 0.25) is 0 Å². The van der Waals surface area contributed by atoms with Crippen molar-refractivity contribution in [1.29, 1.82) is 0 Å². The van der Waals surface area contributed by atoms with Crippen LogP contribution in [0, 0.1) is 5.41 Å². The van der Waals surface area contributed by atoms with Gasteiger partial charge >= 0.3 is 5.97 Å². The van der Waals surface area contributed by atoms with Gasteiger partial charge in [-0.1, -0.05) is 13.0 Å². The van der Waals surface area contributed by atoms with E-state index in [1.807, 2.05) is 19.1 Å². The highest BCUT2D eigenvalue weighted by Crippen LogP contribution is 2.34. The molecule has 1 rings (SSSR count). The Labute approximate surface area is 110 Å². The summed E-state index contributed by atoms with van der Waals surface area (Å²) in [7, 11) is 0. The molecule has 0 aromatic heterocycles. The zero-order chi connectivity index (χ0) is 13.2. The van der Waals surface area contributed by atoms with Gasteiger partial charge in [0.2, 0.25) is 0 Å². The Morgan fingerprint density at radius 1 is 1.41 bits per heavy atom. The topological polar surface area (TPSA) is 57.5 Å². The van der Waals surface area contributed by atoms with Crippen LogP contribution in [0.4, 0.5) is 0 Å². The maximum Gasteiger partial charge on any atom is 0.309 e. The van der Waals surface area contributed by atoms with Gasteiger partial charge in [-0.15, -0.1) is 0 Å². The first-order valence-electron chi connectivity index (χ1n) is 5.51. The molecule has 0 spiro atoms. The van der Waals surface area contributed by atoms with Crippen molar-refractivity contribution in [3.63, 3.8) is 0 Å². The molecule has 3 nitrogen and oxygen atoms in total. The molecule has 0 amide bonds. The van der Waals surface area contributed by atoms with Crippen molar-refractivity contribution in [2.24, 2.45) is 5.41 Å². The van der Waals surface area contributed by atoms with Crippen molar-refractivity contribution in [3.05, 3.63) is 27.7 Å². The van der Waals surface area contributed by atoms with Crippen molar-refractivity contribution in [2.45, 2.75) is 33.6 Å². The molecule has 0 aliphatic rings. The minimum atomic E-state index is -0.886. The summed E-state index contributed by atoms with van der Waals surface area (Å²) in [5.74, 6) is -0.730. The van der Waals surface area contributed by atoms with Crippen LogP contribution in [0.5, 0.6) is 5.75 Å². The summed E-state index contributed by atoms with van der Waals surface area (Å²) in [4.78, 5) is 11.1. The second-order valence-corrected chi connectivity index (χ2v) is 5.66. The number of hydrogen-bond donors (Lipinski definition) is 2. The first kappa shape index (κ1) is 14.0. The number of carboxylic acid groups (broad SMARTS) is 1. The molecule has 2 N–H and O–H groups in total. The van der Waals surface area contributed by atoms with Gasteiger partial charge in [0.15, 0.2) is 0 Å². The first-order chi connectivity index (χ1) is 7.77. The van der Waals surface area contributed by atoms with Gasteiger partial charge in [-0.05, 0) is 59.8 Å². The molecule has 0 saturated carbocycles. The molecule has 1 aromatic rings. The van der Waals surface area contributed by atoms with Gasteiger partial charge in [-0.25, -0.2) is 0 Å². The molecule has 17 heavy (non-hydrogen) atoms. The molecule has 1 aromatic carbocycles. The van der Waals surface area contributed by atoms with E-state index in [4.69, 9.17) is 5.11 Å². The molecule has 0 aliphatic heterocycles. The largest absolute Gasteiger partial charge is 0.506 e. The molecule has 0 unspecified atom stereocenters. The highest BCUT2D eigenvalue weighted by molar-refractivity contribution is 9.10. The van der Waals surface area contributed by atoms with Crippen molar-refractivity contribution in [2.75, 3.05) is 0 Å². The number of hydrogen-bond acceptors (Lipinski definition) is 2. The van der Waals surface area contributed by atoms with E-state index in [-0.39, 0.29) is 5.75 Å². The number of aliphatic carboxylic acids is 1. The lowest BCUT2D eigenvalue weighted by Gasteiger charge is -2.20. The fraction of sp³-hybridized carbons (Fsp3) is 0.462. The predicted molar refractivity (Wildman–Crippen MR) is 70.3 cm³/mol. The number of phenols is 1. The molecule has 0 heterocycles. The number of benzene rings is 1. The van der Waals surface area contributed by atoms with Gasteiger partial charge < -0.3 is 10.2 Å². The Kier molecular flexibility index (Phi) is 4.20. The minimum Gasteiger partial charge on any atom is -0.506 e. The van der Waals surface area contributed by atoms with Gasteiger partial charge in [0.05, 0.1) is 9.89 Å². The number of aryl methyl sites for hydroxylation is 1. The Morgan fingerprint density at radius 2 is 2.00 bits per heavy atom. The Balaban J connectivity index is 3.14. The third-order valence-electron chi connectivity index (χ3n) is 2.82. The standard InChI is InChI=1S/C13H17BrO3/c1-4-8-5-9(11(15)10(14)6-8)7-13(2,3)12(16)17/h5-6,15H,4,7H2,1-3H3,(H,16,17). The second kappa shape index (κ2) is 5.08. The Bertz CT molecular complexity index is 439. The smallest absolute Gasteiger partial charge is 0.309 e. The molecule has 0 bridgehead atoms. The van der Waals surface area contributed by atoms with Crippen LogP contribution in [0.3, 0.4) is 0 Å². The molecule has 0 fully saturated rings. The van der Waals surface area contributed by atoms with Crippen LogP contribution in [0.1, 0.15) is 31.9 Å². The predicted octanol–water partition coefficient (Wildman–Crippen LogP) is 3.37. The molecule has 0 atom stereocenters. The van der Waals surface area contributed by atoms with E-state index < -0.39 is 11.4 Å². The van der Waals surface area contributed by atoms with E-state index in [0.717, 1.165) is 12.0 Å². The lowest BCUT2D eigenvalue weighted by molar-refractivity contribution is -0.146. The average molecular weight is 301 g/mol. The van der Waals surface area contributed by atoms with Crippen molar-refractivity contribution < 1.29 is 15.0 Å². The number of phenolic OH excluding ortho intramolecular Hbond substituents is 1. The van der Waals surface area contributed by atoms with E-state index in [9.17, 15) is 9.90 Å². The number of rotatable bonds is 4. The highest BCUT2D eigenvalue weighted by Gasteiger charge is 2.29. The third kappa shape index (κ3) is 3.22. The van der Waals surface area contributed by atoms with E-state index >= 15 is 0 Å². The van der Waals surface area contributed by atoms with Gasteiger partial charge in [0.25, 0.3) is 0 Å². The van der Waals surface area contributed by atoms with E-state index in [1.54, 1.807) is 13.8 Å². The van der Waals surface area contributed by atoms with Crippen LogP contribution in [-0.2, 0) is 17.6 Å². The van der Waals surface area contributed by atoms with Gasteiger partial charge in [-0.3, -0.25) is 4.79 Å². The van der Waals surface area contributed by atoms with Crippen molar-refractivity contribution in [1.82, 2.24) is 0 Å². The molecule has 0 radical (unpaired) electrons. The number of carbonyl (C=O) groups is 1. The normalized spacial score (nSPS) is 11.5. The number of aromatic hydroxyl groups is 1. The minimum absolute atomic E-state index is 0.136. The number of halogens is 1. The Hall–Kier alpha value is -1.03. The van der Waals surface area contributed by atoms with E-state index in [2.05, 4.69) is 15.9 Å².